The molecule has 250 valence electrons. The van der Waals surface area contributed by atoms with Crippen LogP contribution < -0.4 is 10.5 Å². The Balaban J connectivity index is 1.60. The number of nitrogens with two attached hydrogens (primary N) is 1. The van der Waals surface area contributed by atoms with E-state index in [1.54, 1.807) is 43.3 Å². The Kier molecular flexibility index (Phi) is 12.1. The molecule has 0 aliphatic carbocycles. The molecule has 2 aromatic rings. The van der Waals surface area contributed by atoms with Crippen molar-refractivity contribution in [2.45, 2.75) is 62.9 Å². The van der Waals surface area contributed by atoms with Crippen LogP contribution >= 0.6 is 0 Å². The summed E-state index contributed by atoms with van der Waals surface area (Å²) in [4.78, 5) is 33.2. The highest BCUT2D eigenvalue weighted by Crippen LogP contribution is 2.24. The summed E-state index contributed by atoms with van der Waals surface area (Å²) in [7, 11) is -0.00958. The molecule has 2 aliphatic heterocycles. The van der Waals surface area contributed by atoms with E-state index in [4.69, 9.17) is 15.9 Å². The number of sulfonamides is 1. The monoisotopic (exact) mass is 652 g/mol. The first kappa shape index (κ1) is 35.3. The molecule has 11 nitrogen and oxygen atoms in total. The Labute approximate surface area is 273 Å². The third-order valence-corrected chi connectivity index (χ3v) is 10.1. The molecule has 0 saturated heterocycles. The van der Waals surface area contributed by atoms with Crippen molar-refractivity contribution in [1.29, 1.82) is 5.41 Å². The molecule has 1 amide bonds. The molecule has 2 aliphatic rings. The van der Waals surface area contributed by atoms with Gasteiger partial charge in [0.25, 0.3) is 0 Å². The zero-order valence-corrected chi connectivity index (χ0v) is 28.2. The Hall–Kier alpha value is -3.58. The van der Waals surface area contributed by atoms with Crippen molar-refractivity contribution in [2.24, 2.45) is 5.73 Å². The van der Waals surface area contributed by atoms with Crippen molar-refractivity contribution in [2.75, 3.05) is 53.4 Å². The van der Waals surface area contributed by atoms with Crippen molar-refractivity contribution in [3.05, 3.63) is 76.4 Å². The first-order chi connectivity index (χ1) is 21.9. The van der Waals surface area contributed by atoms with Crippen LogP contribution in [0.1, 0.15) is 48.9 Å². The van der Waals surface area contributed by atoms with Crippen molar-refractivity contribution in [3.63, 3.8) is 0 Å². The molecule has 2 heterocycles. The summed E-state index contributed by atoms with van der Waals surface area (Å²) in [5.74, 6) is -1.18. The summed E-state index contributed by atoms with van der Waals surface area (Å²) < 4.78 is 35.9. The van der Waals surface area contributed by atoms with Crippen LogP contribution in [0.5, 0.6) is 0 Å². The van der Waals surface area contributed by atoms with Crippen molar-refractivity contribution in [3.8, 4) is 0 Å². The van der Waals surface area contributed by atoms with Crippen LogP contribution in [-0.2, 0) is 43.6 Å². The van der Waals surface area contributed by atoms with E-state index in [2.05, 4.69) is 28.6 Å². The van der Waals surface area contributed by atoms with Gasteiger partial charge in [0.2, 0.25) is 15.9 Å². The molecule has 4 rings (SSSR count). The zero-order chi connectivity index (χ0) is 33.4. The predicted octanol–water partition coefficient (Wildman–Crippen LogP) is 2.32. The second kappa shape index (κ2) is 15.8. The fraction of sp³-hybridized carbons (Fsp3) is 0.500. The Bertz CT molecular complexity index is 1560. The SMILES string of the molecule is CCOC(=O)[C@H]1CC(C)=CCN1C(=O)[C@H](Cc1cccc(C(=N)N)c1)NS(=O)(=O)c1ccc2c(c1)CCN(CCCN(C)C)CC2. The summed E-state index contributed by atoms with van der Waals surface area (Å²) in [6.07, 6.45) is 4.83. The first-order valence-electron chi connectivity index (χ1n) is 15.9. The van der Waals surface area contributed by atoms with Gasteiger partial charge in [-0.15, -0.1) is 0 Å². The summed E-state index contributed by atoms with van der Waals surface area (Å²) in [6.45, 7) is 7.70. The number of amides is 1. The molecule has 0 fully saturated rings. The van der Waals surface area contributed by atoms with Crippen LogP contribution in [0.4, 0.5) is 0 Å². The number of rotatable bonds is 13. The third kappa shape index (κ3) is 9.25. The molecular formula is C34H48N6O5S. The van der Waals surface area contributed by atoms with E-state index < -0.39 is 34.0 Å². The topological polar surface area (TPSA) is 149 Å². The van der Waals surface area contributed by atoms with Gasteiger partial charge in [0.05, 0.1) is 11.5 Å². The van der Waals surface area contributed by atoms with E-state index in [1.165, 1.54) is 4.90 Å². The highest BCUT2D eigenvalue weighted by Gasteiger charge is 2.38. The number of hydrogen-bond donors (Lipinski definition) is 3. The van der Waals surface area contributed by atoms with E-state index in [0.717, 1.165) is 62.1 Å². The van der Waals surface area contributed by atoms with Crippen LogP contribution in [0, 0.1) is 5.41 Å². The van der Waals surface area contributed by atoms with E-state index in [9.17, 15) is 18.0 Å². The maximum Gasteiger partial charge on any atom is 0.329 e. The number of carbonyl (C=O) groups is 2. The molecule has 0 bridgehead atoms. The molecule has 0 saturated carbocycles. The summed E-state index contributed by atoms with van der Waals surface area (Å²) in [5.41, 5.74) is 9.88. The minimum absolute atomic E-state index is 0.000768. The number of nitrogen functional groups attached to an aromatic ring is 1. The lowest BCUT2D eigenvalue weighted by Crippen LogP contribution is -2.56. The lowest BCUT2D eigenvalue weighted by Gasteiger charge is -2.35. The largest absolute Gasteiger partial charge is 0.464 e. The smallest absolute Gasteiger partial charge is 0.329 e. The Morgan fingerprint density at radius 3 is 2.57 bits per heavy atom. The molecule has 2 atom stereocenters. The van der Waals surface area contributed by atoms with Gasteiger partial charge in [0.1, 0.15) is 17.9 Å². The van der Waals surface area contributed by atoms with Crippen molar-refractivity contribution in [1.82, 2.24) is 19.4 Å². The zero-order valence-electron chi connectivity index (χ0n) is 27.4. The van der Waals surface area contributed by atoms with Crippen molar-refractivity contribution >= 4 is 27.7 Å². The van der Waals surface area contributed by atoms with Gasteiger partial charge in [-0.2, -0.15) is 4.72 Å². The molecule has 2 aromatic carbocycles. The molecule has 0 spiro atoms. The highest BCUT2D eigenvalue weighted by molar-refractivity contribution is 7.89. The van der Waals surface area contributed by atoms with Crippen LogP contribution in [-0.4, -0.2) is 106 Å². The van der Waals surface area contributed by atoms with Crippen LogP contribution in [0.15, 0.2) is 59.0 Å². The number of hydrogen-bond acceptors (Lipinski definition) is 8. The number of nitrogens with zero attached hydrogens (tertiary/aromatic N) is 3. The lowest BCUT2D eigenvalue weighted by molar-refractivity contribution is -0.155. The first-order valence-corrected chi connectivity index (χ1v) is 17.4. The number of ether oxygens (including phenoxy) is 1. The van der Waals surface area contributed by atoms with E-state index in [0.29, 0.717) is 17.5 Å². The fourth-order valence-corrected chi connectivity index (χ4v) is 7.30. The van der Waals surface area contributed by atoms with Gasteiger partial charge in [-0.25, -0.2) is 13.2 Å². The van der Waals surface area contributed by atoms with Crippen molar-refractivity contribution < 1.29 is 22.7 Å². The fourth-order valence-electron chi connectivity index (χ4n) is 6.06. The number of benzene rings is 2. The molecule has 46 heavy (non-hydrogen) atoms. The number of fused-ring (bicyclic) bond motifs is 1. The number of esters is 1. The second-order valence-electron chi connectivity index (χ2n) is 12.4. The predicted molar refractivity (Wildman–Crippen MR) is 179 cm³/mol. The van der Waals surface area contributed by atoms with Crippen LogP contribution in [0.2, 0.25) is 0 Å². The Morgan fingerprint density at radius 1 is 1.13 bits per heavy atom. The van der Waals surface area contributed by atoms with Gasteiger partial charge >= 0.3 is 5.97 Å². The minimum Gasteiger partial charge on any atom is -0.464 e. The van der Waals surface area contributed by atoms with E-state index >= 15 is 0 Å². The molecule has 0 aromatic heterocycles. The van der Waals surface area contributed by atoms with Gasteiger partial charge in [-0.1, -0.05) is 35.9 Å². The van der Waals surface area contributed by atoms with Crippen LogP contribution in [0.3, 0.4) is 0 Å². The molecule has 4 N–H and O–H groups in total. The highest BCUT2D eigenvalue weighted by atomic mass is 32.2. The number of carbonyl (C=O) groups excluding carboxylic acids is 2. The summed E-state index contributed by atoms with van der Waals surface area (Å²) >= 11 is 0. The third-order valence-electron chi connectivity index (χ3n) is 8.61. The van der Waals surface area contributed by atoms with Gasteiger partial charge in [-0.05, 0) is 108 Å². The van der Waals surface area contributed by atoms with Crippen LogP contribution in [0.25, 0.3) is 0 Å². The van der Waals surface area contributed by atoms with Gasteiger partial charge in [-0.3, -0.25) is 10.2 Å². The molecule has 0 unspecified atom stereocenters. The van der Waals surface area contributed by atoms with Gasteiger partial charge in [0, 0.05) is 25.2 Å². The molecule has 0 radical (unpaired) electrons. The summed E-state index contributed by atoms with van der Waals surface area (Å²) in [6, 6.07) is 9.97. The van der Waals surface area contributed by atoms with E-state index in [-0.39, 0.29) is 30.3 Å². The average molecular weight is 653 g/mol. The van der Waals surface area contributed by atoms with E-state index in [1.807, 2.05) is 19.1 Å². The quantitative estimate of drug-likeness (QED) is 0.129. The molecular weight excluding hydrogens is 604 g/mol. The summed E-state index contributed by atoms with van der Waals surface area (Å²) in [5, 5.41) is 7.83. The normalized spacial score (nSPS) is 18.0. The minimum atomic E-state index is -4.15. The van der Waals surface area contributed by atoms with Gasteiger partial charge in [0.15, 0.2) is 0 Å². The maximum absolute atomic E-state index is 14.2. The second-order valence-corrected chi connectivity index (χ2v) is 14.1. The average Bonchev–Trinajstić information content (AvgIpc) is 3.22. The Morgan fingerprint density at radius 2 is 1.87 bits per heavy atom. The van der Waals surface area contributed by atoms with Gasteiger partial charge < -0.3 is 25.2 Å². The lowest BCUT2D eigenvalue weighted by atomic mass is 9.98. The number of nitrogens with one attached hydrogen (secondary N) is 2. The molecule has 12 heteroatoms. The standard InChI is InChI=1S/C34H48N6O5S/c1-5-45-34(42)31-20-24(2)12-19-40(31)33(41)30(22-25-8-6-9-28(21-25)32(35)36)37-46(43,44)29-11-10-26-13-17-39(16-7-15-38(3)4)18-14-27(26)23-29/h6,8-12,21,23,30-31,37H,5,7,13-20,22H2,1-4H3,(H3,35,36)/t30-,31+/m0/s1. The maximum atomic E-state index is 14.2. The number of amidine groups is 1.